The van der Waals surface area contributed by atoms with Crippen molar-refractivity contribution in [3.8, 4) is 17.3 Å². The first-order valence-electron chi connectivity index (χ1n) is 12.2. The molecule has 1 saturated heterocycles. The van der Waals surface area contributed by atoms with Gasteiger partial charge in [0, 0.05) is 19.2 Å². The maximum Gasteiger partial charge on any atom is 0.289 e. The average molecular weight is 490 g/mol. The smallest absolute Gasteiger partial charge is 0.289 e. The number of carbonyl (C=O) groups is 1. The zero-order valence-electron chi connectivity index (χ0n) is 20.1. The number of para-hydroxylation sites is 1. The molecule has 8 heteroatoms. The first kappa shape index (κ1) is 23.8. The number of nitrogens with zero attached hydrogens (tertiary/aromatic N) is 3. The van der Waals surface area contributed by atoms with Crippen molar-refractivity contribution in [2.75, 3.05) is 13.2 Å². The lowest BCUT2D eigenvalue weighted by molar-refractivity contribution is 0.0482. The molecule has 7 nitrogen and oxygen atoms in total. The van der Waals surface area contributed by atoms with Gasteiger partial charge < -0.3 is 18.8 Å². The number of amides is 1. The summed E-state index contributed by atoms with van der Waals surface area (Å²) in [6, 6.07) is 18.9. The normalized spacial score (nSPS) is 15.2. The molecule has 4 aromatic rings. The predicted molar refractivity (Wildman–Crippen MR) is 132 cm³/mol. The largest absolute Gasteiger partial charge is 0.459 e. The van der Waals surface area contributed by atoms with Crippen LogP contribution in [0.2, 0.25) is 0 Å². The first-order chi connectivity index (χ1) is 17.6. The third-order valence-corrected chi connectivity index (χ3v) is 6.18. The second-order valence-corrected chi connectivity index (χ2v) is 8.69. The van der Waals surface area contributed by atoms with Gasteiger partial charge in [-0.25, -0.2) is 9.07 Å². The molecule has 5 rings (SSSR count). The van der Waals surface area contributed by atoms with E-state index in [2.05, 4.69) is 0 Å². The van der Waals surface area contributed by atoms with Crippen LogP contribution in [-0.4, -0.2) is 39.8 Å². The zero-order chi connectivity index (χ0) is 24.9. The minimum absolute atomic E-state index is 0.0502. The molecule has 186 valence electrons. The Morgan fingerprint density at radius 2 is 2.03 bits per heavy atom. The van der Waals surface area contributed by atoms with Gasteiger partial charge >= 0.3 is 0 Å². The summed E-state index contributed by atoms with van der Waals surface area (Å²) < 4.78 is 33.2. The van der Waals surface area contributed by atoms with Gasteiger partial charge in [-0.1, -0.05) is 31.2 Å². The molecule has 0 radical (unpaired) electrons. The highest BCUT2D eigenvalue weighted by atomic mass is 19.1. The number of ether oxygens (including phenoxy) is 2. The van der Waals surface area contributed by atoms with Gasteiger partial charge in [-0.15, -0.1) is 0 Å². The summed E-state index contributed by atoms with van der Waals surface area (Å²) in [6.07, 6.45) is 3.91. The van der Waals surface area contributed by atoms with Crippen molar-refractivity contribution in [1.82, 2.24) is 14.7 Å². The number of benzene rings is 2. The van der Waals surface area contributed by atoms with E-state index in [1.165, 1.54) is 18.4 Å². The molecule has 0 spiro atoms. The summed E-state index contributed by atoms with van der Waals surface area (Å²) in [5.41, 5.74) is 2.34. The van der Waals surface area contributed by atoms with Gasteiger partial charge in [-0.2, -0.15) is 5.10 Å². The van der Waals surface area contributed by atoms with Crippen LogP contribution >= 0.6 is 0 Å². The van der Waals surface area contributed by atoms with Gasteiger partial charge in [0.1, 0.15) is 11.6 Å². The van der Waals surface area contributed by atoms with E-state index in [1.807, 2.05) is 37.3 Å². The van der Waals surface area contributed by atoms with Crippen LogP contribution in [0.3, 0.4) is 0 Å². The lowest BCUT2D eigenvalue weighted by Gasteiger charge is -2.25. The fourth-order valence-electron chi connectivity index (χ4n) is 4.41. The van der Waals surface area contributed by atoms with Crippen molar-refractivity contribution in [3.63, 3.8) is 0 Å². The SMILES string of the molecule is CCc1nn(-c2ccccc2)c(Oc2cccc(F)c2)c1CN(C[C@@H]1CCCO1)C(=O)c1ccco1. The molecule has 0 bridgehead atoms. The Morgan fingerprint density at radius 3 is 2.72 bits per heavy atom. The predicted octanol–water partition coefficient (Wildman–Crippen LogP) is 5.78. The standard InChI is InChI=1S/C28H28FN3O4/c1-2-25-24(19-31(18-23-13-7-15-34-23)27(33)26-14-8-16-35-26)28(36-22-12-6-9-20(29)17-22)32(30-25)21-10-4-3-5-11-21/h3-6,8-12,14,16-17,23H,2,7,13,15,18-19H2,1H3/t23-/m0/s1. The van der Waals surface area contributed by atoms with Crippen molar-refractivity contribution in [2.45, 2.75) is 38.8 Å². The average Bonchev–Trinajstić information content (AvgIpc) is 3.67. The van der Waals surface area contributed by atoms with Crippen LogP contribution in [0, 0.1) is 5.82 Å². The van der Waals surface area contributed by atoms with Crippen molar-refractivity contribution in [1.29, 1.82) is 0 Å². The topological polar surface area (TPSA) is 69.7 Å². The van der Waals surface area contributed by atoms with Crippen molar-refractivity contribution >= 4 is 5.91 Å². The molecular weight excluding hydrogens is 461 g/mol. The Hall–Kier alpha value is -3.91. The number of hydrogen-bond donors (Lipinski definition) is 0. The number of carbonyl (C=O) groups excluding carboxylic acids is 1. The summed E-state index contributed by atoms with van der Waals surface area (Å²) in [7, 11) is 0. The molecule has 36 heavy (non-hydrogen) atoms. The van der Waals surface area contributed by atoms with Crippen LogP contribution in [0.25, 0.3) is 5.69 Å². The summed E-state index contributed by atoms with van der Waals surface area (Å²) in [5.74, 6) is 0.409. The molecule has 0 saturated carbocycles. The minimum atomic E-state index is -0.399. The van der Waals surface area contributed by atoms with E-state index in [-0.39, 0.29) is 24.3 Å². The second-order valence-electron chi connectivity index (χ2n) is 8.69. The number of hydrogen-bond acceptors (Lipinski definition) is 5. The minimum Gasteiger partial charge on any atom is -0.459 e. The number of rotatable bonds is 9. The number of aryl methyl sites for hydroxylation is 1. The van der Waals surface area contributed by atoms with Crippen LogP contribution in [0.15, 0.2) is 77.4 Å². The van der Waals surface area contributed by atoms with Crippen LogP contribution in [-0.2, 0) is 17.7 Å². The number of aromatic nitrogens is 2. The van der Waals surface area contributed by atoms with Gasteiger partial charge in [0.15, 0.2) is 5.76 Å². The highest BCUT2D eigenvalue weighted by Crippen LogP contribution is 2.33. The third kappa shape index (κ3) is 5.18. The Balaban J connectivity index is 1.57. The van der Waals surface area contributed by atoms with E-state index >= 15 is 0 Å². The monoisotopic (exact) mass is 489 g/mol. The first-order valence-corrected chi connectivity index (χ1v) is 12.2. The molecule has 1 amide bonds. The Kier molecular flexibility index (Phi) is 7.13. The molecule has 3 heterocycles. The van der Waals surface area contributed by atoms with Gasteiger partial charge in [0.05, 0.1) is 35.9 Å². The van der Waals surface area contributed by atoms with Crippen molar-refractivity contribution < 1.29 is 23.1 Å². The van der Waals surface area contributed by atoms with Gasteiger partial charge in [0.2, 0.25) is 5.88 Å². The van der Waals surface area contributed by atoms with Crippen molar-refractivity contribution in [2.24, 2.45) is 0 Å². The summed E-state index contributed by atoms with van der Waals surface area (Å²) in [6.45, 7) is 3.35. The molecule has 1 atom stereocenters. The number of halogens is 1. The molecule has 1 aliphatic heterocycles. The van der Waals surface area contributed by atoms with Gasteiger partial charge in [0.25, 0.3) is 5.91 Å². The zero-order valence-corrected chi connectivity index (χ0v) is 20.1. The highest BCUT2D eigenvalue weighted by molar-refractivity contribution is 5.91. The molecule has 2 aromatic heterocycles. The van der Waals surface area contributed by atoms with Crippen LogP contribution in [0.5, 0.6) is 11.6 Å². The summed E-state index contributed by atoms with van der Waals surface area (Å²) in [5, 5.41) is 4.83. The fourth-order valence-corrected chi connectivity index (χ4v) is 4.41. The maximum absolute atomic E-state index is 14.0. The second kappa shape index (κ2) is 10.8. The number of furan rings is 1. The van der Waals surface area contributed by atoms with E-state index in [4.69, 9.17) is 19.0 Å². The molecular formula is C28H28FN3O4. The highest BCUT2D eigenvalue weighted by Gasteiger charge is 2.29. The molecule has 0 aliphatic carbocycles. The van der Waals surface area contributed by atoms with E-state index in [0.717, 1.165) is 29.8 Å². The molecule has 1 aliphatic rings. The van der Waals surface area contributed by atoms with Gasteiger partial charge in [-0.05, 0) is 55.7 Å². The summed E-state index contributed by atoms with van der Waals surface area (Å²) in [4.78, 5) is 15.2. The lowest BCUT2D eigenvalue weighted by atomic mass is 10.1. The maximum atomic E-state index is 14.0. The fraction of sp³-hybridized carbons (Fsp3) is 0.286. The molecule has 1 fully saturated rings. The third-order valence-electron chi connectivity index (χ3n) is 6.18. The van der Waals surface area contributed by atoms with Crippen LogP contribution in [0.4, 0.5) is 4.39 Å². The van der Waals surface area contributed by atoms with E-state index in [9.17, 15) is 9.18 Å². The van der Waals surface area contributed by atoms with Crippen molar-refractivity contribution in [3.05, 3.63) is 95.8 Å². The Labute approximate surface area is 209 Å². The van der Waals surface area contributed by atoms with Crippen LogP contribution < -0.4 is 4.74 Å². The van der Waals surface area contributed by atoms with E-state index < -0.39 is 5.82 Å². The lowest BCUT2D eigenvalue weighted by Crippen LogP contribution is -2.37. The van der Waals surface area contributed by atoms with Gasteiger partial charge in [-0.3, -0.25) is 4.79 Å². The summed E-state index contributed by atoms with van der Waals surface area (Å²) >= 11 is 0. The van der Waals surface area contributed by atoms with Crippen LogP contribution in [0.1, 0.15) is 41.6 Å². The quantitative estimate of drug-likeness (QED) is 0.298. The van der Waals surface area contributed by atoms with E-state index in [1.54, 1.807) is 33.8 Å². The van der Waals surface area contributed by atoms with E-state index in [0.29, 0.717) is 31.2 Å². The molecule has 0 N–H and O–H groups in total. The Bertz CT molecular complexity index is 1300. The molecule has 2 aromatic carbocycles. The Morgan fingerprint density at radius 1 is 1.17 bits per heavy atom. The molecule has 0 unspecified atom stereocenters.